The summed E-state index contributed by atoms with van der Waals surface area (Å²) in [6.45, 7) is 7.56. The van der Waals surface area contributed by atoms with E-state index in [1.165, 1.54) is 0 Å². The maximum absolute atomic E-state index is 12.8. The minimum absolute atomic E-state index is 0.0548. The van der Waals surface area contributed by atoms with Crippen LogP contribution in [0.2, 0.25) is 0 Å². The molecule has 0 aliphatic carbocycles. The molecule has 0 fully saturated rings. The number of hydrogen-bond acceptors (Lipinski definition) is 6. The number of furan rings is 1. The normalized spacial score (nSPS) is 12.2. The second kappa shape index (κ2) is 9.17. The number of carbonyl (C=O) groups excluding carboxylic acids is 2. The van der Waals surface area contributed by atoms with Gasteiger partial charge in [-0.1, -0.05) is 30.3 Å². The zero-order valence-electron chi connectivity index (χ0n) is 19.6. The molecule has 176 valence electrons. The zero-order chi connectivity index (χ0) is 24.6. The van der Waals surface area contributed by atoms with Crippen LogP contribution in [0.3, 0.4) is 0 Å². The fourth-order valence-electron chi connectivity index (χ4n) is 4.33. The van der Waals surface area contributed by atoms with Gasteiger partial charge in [-0.05, 0) is 63.3 Å². The Kier molecular flexibility index (Phi) is 6.28. The number of hydrogen-bond donors (Lipinski definition) is 1. The summed E-state index contributed by atoms with van der Waals surface area (Å²) < 4.78 is 11.5. The molecule has 2 aromatic heterocycles. The second-order valence-electron chi connectivity index (χ2n) is 8.66. The predicted octanol–water partition coefficient (Wildman–Crippen LogP) is 3.18. The van der Waals surface area contributed by atoms with E-state index in [4.69, 9.17) is 8.83 Å². The fourth-order valence-corrected chi connectivity index (χ4v) is 4.33. The molecule has 0 radical (unpaired) electrons. The highest BCUT2D eigenvalue weighted by Crippen LogP contribution is 2.34. The highest BCUT2D eigenvalue weighted by molar-refractivity contribution is 6.00. The highest BCUT2D eigenvalue weighted by Gasteiger charge is 2.20. The van der Waals surface area contributed by atoms with Gasteiger partial charge >= 0.3 is 5.63 Å². The minimum Gasteiger partial charge on any atom is -0.548 e. The molecule has 1 N–H and O–H groups in total. The van der Waals surface area contributed by atoms with Gasteiger partial charge in [-0.15, -0.1) is 0 Å². The van der Waals surface area contributed by atoms with Crippen LogP contribution in [0.5, 0.6) is 0 Å². The van der Waals surface area contributed by atoms with E-state index < -0.39 is 23.5 Å². The molecule has 2 heterocycles. The van der Waals surface area contributed by atoms with Crippen LogP contribution in [-0.2, 0) is 22.4 Å². The van der Waals surface area contributed by atoms with Crippen molar-refractivity contribution in [1.82, 2.24) is 5.32 Å². The van der Waals surface area contributed by atoms with Gasteiger partial charge in [0, 0.05) is 28.3 Å². The van der Waals surface area contributed by atoms with Gasteiger partial charge in [0.1, 0.15) is 16.9 Å². The van der Waals surface area contributed by atoms with Crippen LogP contribution in [-0.4, -0.2) is 17.9 Å². The standard InChI is InChI=1S/C27H27NO6/c1-14-17(4)33-24-16(3)25-21(13-20(14)24)15(2)19(27(32)34-25)10-11-23(29)28-22(26(30)31)12-18-8-6-5-7-9-18/h5-9,13,22H,10-12H2,1-4H3,(H,28,29)(H,30,31)/p-1/t22-/m0/s1. The summed E-state index contributed by atoms with van der Waals surface area (Å²) in [7, 11) is 0. The van der Waals surface area contributed by atoms with Crippen molar-refractivity contribution in [3.8, 4) is 0 Å². The first-order valence-electron chi connectivity index (χ1n) is 11.2. The van der Waals surface area contributed by atoms with E-state index in [-0.39, 0.29) is 19.3 Å². The monoisotopic (exact) mass is 460 g/mol. The number of nitrogens with one attached hydrogen (secondary N) is 1. The lowest BCUT2D eigenvalue weighted by atomic mass is 9.98. The first-order valence-corrected chi connectivity index (χ1v) is 11.2. The van der Waals surface area contributed by atoms with Gasteiger partial charge in [0.2, 0.25) is 5.91 Å². The van der Waals surface area contributed by atoms with E-state index in [1.54, 1.807) is 24.3 Å². The summed E-state index contributed by atoms with van der Waals surface area (Å²) in [6.07, 6.45) is 0.188. The third kappa shape index (κ3) is 4.33. The van der Waals surface area contributed by atoms with Gasteiger partial charge in [-0.2, -0.15) is 0 Å². The lowest BCUT2D eigenvalue weighted by Gasteiger charge is -2.20. The van der Waals surface area contributed by atoms with Crippen molar-refractivity contribution in [2.24, 2.45) is 0 Å². The van der Waals surface area contributed by atoms with Crippen LogP contribution in [0.25, 0.3) is 21.9 Å². The molecular formula is C27H26NO6-. The van der Waals surface area contributed by atoms with Crippen LogP contribution < -0.4 is 16.0 Å². The number of carboxylic acids is 1. The fraction of sp³-hybridized carbons (Fsp3) is 0.296. The van der Waals surface area contributed by atoms with Crippen LogP contribution in [0.4, 0.5) is 0 Å². The van der Waals surface area contributed by atoms with E-state index in [1.807, 2.05) is 39.8 Å². The first kappa shape index (κ1) is 23.3. The number of amides is 1. The average Bonchev–Trinajstić information content (AvgIpc) is 3.09. The van der Waals surface area contributed by atoms with Crippen molar-refractivity contribution in [1.29, 1.82) is 0 Å². The zero-order valence-corrected chi connectivity index (χ0v) is 19.6. The number of aliphatic carboxylic acids is 1. The maximum atomic E-state index is 12.8. The first-order chi connectivity index (χ1) is 16.2. The number of carbonyl (C=O) groups is 2. The number of fused-ring (bicyclic) bond motifs is 2. The Morgan fingerprint density at radius 2 is 1.59 bits per heavy atom. The molecule has 2 aromatic carbocycles. The minimum atomic E-state index is -1.36. The van der Waals surface area contributed by atoms with Gasteiger partial charge < -0.3 is 24.1 Å². The van der Waals surface area contributed by atoms with Crippen molar-refractivity contribution in [2.45, 2.75) is 53.0 Å². The molecule has 7 nitrogen and oxygen atoms in total. The third-order valence-corrected chi connectivity index (χ3v) is 6.45. The van der Waals surface area contributed by atoms with Crippen molar-refractivity contribution >= 4 is 33.8 Å². The topological polar surface area (TPSA) is 113 Å². The molecule has 34 heavy (non-hydrogen) atoms. The van der Waals surface area contributed by atoms with Crippen LogP contribution in [0.15, 0.2) is 50.0 Å². The maximum Gasteiger partial charge on any atom is 0.339 e. The highest BCUT2D eigenvalue weighted by atomic mass is 16.4. The van der Waals surface area contributed by atoms with E-state index in [0.29, 0.717) is 16.7 Å². The molecule has 7 heteroatoms. The Morgan fingerprint density at radius 1 is 0.941 bits per heavy atom. The molecule has 0 bridgehead atoms. The van der Waals surface area contributed by atoms with Gasteiger partial charge in [0.15, 0.2) is 0 Å². The molecule has 0 spiro atoms. The molecule has 4 rings (SSSR count). The molecule has 0 aliphatic heterocycles. The lowest BCUT2D eigenvalue weighted by Crippen LogP contribution is -2.49. The molecule has 1 amide bonds. The number of carboxylic acid groups (broad SMARTS) is 1. The molecule has 0 saturated carbocycles. The molecule has 0 unspecified atom stereocenters. The summed E-state index contributed by atoms with van der Waals surface area (Å²) in [5, 5.41) is 15.8. The van der Waals surface area contributed by atoms with Crippen LogP contribution in [0, 0.1) is 27.7 Å². The SMILES string of the molecule is Cc1oc2c(C)c3oc(=O)c(CCC(=O)N[C@@H](Cc4ccccc4)C(=O)[O-])c(C)c3cc2c1C. The largest absolute Gasteiger partial charge is 0.548 e. The van der Waals surface area contributed by atoms with Gasteiger partial charge in [0.25, 0.3) is 0 Å². The Hall–Kier alpha value is -3.87. The lowest BCUT2D eigenvalue weighted by molar-refractivity contribution is -0.308. The Morgan fingerprint density at radius 3 is 2.26 bits per heavy atom. The molecular weight excluding hydrogens is 434 g/mol. The Balaban J connectivity index is 1.57. The van der Waals surface area contributed by atoms with Crippen molar-refractivity contribution in [3.63, 3.8) is 0 Å². The van der Waals surface area contributed by atoms with Crippen molar-refractivity contribution in [2.75, 3.05) is 0 Å². The summed E-state index contributed by atoms with van der Waals surface area (Å²) >= 11 is 0. The Labute approximate surface area is 196 Å². The van der Waals surface area contributed by atoms with E-state index >= 15 is 0 Å². The predicted molar refractivity (Wildman–Crippen MR) is 127 cm³/mol. The van der Waals surface area contributed by atoms with Crippen LogP contribution >= 0.6 is 0 Å². The van der Waals surface area contributed by atoms with E-state index in [9.17, 15) is 19.5 Å². The summed E-state index contributed by atoms with van der Waals surface area (Å²) in [5.74, 6) is -1.02. The van der Waals surface area contributed by atoms with E-state index in [2.05, 4.69) is 5.32 Å². The smallest absolute Gasteiger partial charge is 0.339 e. The van der Waals surface area contributed by atoms with Crippen molar-refractivity contribution < 1.29 is 23.5 Å². The number of rotatable bonds is 7. The van der Waals surface area contributed by atoms with Gasteiger partial charge in [-0.3, -0.25) is 4.79 Å². The number of benzene rings is 2. The second-order valence-corrected chi connectivity index (χ2v) is 8.66. The molecule has 4 aromatic rings. The van der Waals surface area contributed by atoms with Gasteiger partial charge in [0.05, 0.1) is 12.0 Å². The van der Waals surface area contributed by atoms with Crippen LogP contribution in [0.1, 0.15) is 40.0 Å². The average molecular weight is 461 g/mol. The number of aryl methyl sites for hydroxylation is 4. The summed E-state index contributed by atoms with van der Waals surface area (Å²) in [6, 6.07) is 9.79. The van der Waals surface area contributed by atoms with E-state index in [0.717, 1.165) is 38.8 Å². The molecule has 0 saturated heterocycles. The molecule has 1 atom stereocenters. The van der Waals surface area contributed by atoms with Gasteiger partial charge in [-0.25, -0.2) is 4.79 Å². The summed E-state index contributed by atoms with van der Waals surface area (Å²) in [4.78, 5) is 36.8. The third-order valence-electron chi connectivity index (χ3n) is 6.45. The molecule has 0 aliphatic rings. The summed E-state index contributed by atoms with van der Waals surface area (Å²) in [5.41, 5.74) is 4.34. The van der Waals surface area contributed by atoms with Crippen molar-refractivity contribution in [3.05, 3.63) is 80.4 Å². The quantitative estimate of drug-likeness (QED) is 0.424. The Bertz CT molecular complexity index is 1460.